The van der Waals surface area contributed by atoms with Gasteiger partial charge in [0.2, 0.25) is 0 Å². The van der Waals surface area contributed by atoms with E-state index in [4.69, 9.17) is 14.6 Å². The van der Waals surface area contributed by atoms with Crippen LogP contribution in [0.1, 0.15) is 21.8 Å². The zero-order chi connectivity index (χ0) is 14.8. The summed E-state index contributed by atoms with van der Waals surface area (Å²) in [5.74, 6) is -0.799. The van der Waals surface area contributed by atoms with Crippen molar-refractivity contribution in [2.75, 3.05) is 13.2 Å². The van der Waals surface area contributed by atoms with Gasteiger partial charge < -0.3 is 14.6 Å². The molecule has 0 amide bonds. The molecule has 4 nitrogen and oxygen atoms in total. The van der Waals surface area contributed by atoms with E-state index in [0.29, 0.717) is 6.61 Å². The highest BCUT2D eigenvalue weighted by atomic mass is 19.1. The Bertz CT molecular complexity index is 684. The highest BCUT2D eigenvalue weighted by Crippen LogP contribution is 2.34. The molecule has 0 saturated heterocycles. The number of hydrogen-bond acceptors (Lipinski definition) is 3. The number of benzene rings is 2. The zero-order valence-corrected chi connectivity index (χ0v) is 11.1. The minimum absolute atomic E-state index is 0.0351. The Labute approximate surface area is 120 Å². The Morgan fingerprint density at radius 1 is 1.33 bits per heavy atom. The van der Waals surface area contributed by atoms with Crippen LogP contribution in [-0.2, 0) is 0 Å². The van der Waals surface area contributed by atoms with Gasteiger partial charge in [0.25, 0.3) is 0 Å². The molecule has 2 aromatic rings. The van der Waals surface area contributed by atoms with E-state index in [0.717, 1.165) is 17.4 Å². The fourth-order valence-corrected chi connectivity index (χ4v) is 2.35. The quantitative estimate of drug-likeness (QED) is 0.939. The first-order chi connectivity index (χ1) is 10.1. The van der Waals surface area contributed by atoms with Crippen molar-refractivity contribution in [2.24, 2.45) is 0 Å². The molecular weight excluding hydrogens is 275 g/mol. The van der Waals surface area contributed by atoms with Crippen molar-refractivity contribution in [1.82, 2.24) is 0 Å². The lowest BCUT2D eigenvalue weighted by atomic mass is 10.0. The molecule has 21 heavy (non-hydrogen) atoms. The standard InChI is InChI=1S/C16H13FO4/c17-11-5-6-15(13(7-11)16(18)19)21-9-10-8-20-14-4-2-1-3-12(10)14/h1-7,10H,8-9H2,(H,18,19). The average molecular weight is 288 g/mol. The van der Waals surface area contributed by atoms with Gasteiger partial charge in [-0.15, -0.1) is 0 Å². The molecule has 0 saturated carbocycles. The fraction of sp³-hybridized carbons (Fsp3) is 0.188. The number of ether oxygens (including phenoxy) is 2. The molecule has 3 rings (SSSR count). The Morgan fingerprint density at radius 2 is 2.14 bits per heavy atom. The summed E-state index contributed by atoms with van der Waals surface area (Å²) in [6.07, 6.45) is 0. The van der Waals surface area contributed by atoms with Gasteiger partial charge >= 0.3 is 5.97 Å². The molecule has 0 aliphatic carbocycles. The first kappa shape index (κ1) is 13.4. The van der Waals surface area contributed by atoms with Crippen molar-refractivity contribution in [3.8, 4) is 11.5 Å². The molecule has 108 valence electrons. The minimum Gasteiger partial charge on any atom is -0.493 e. The molecule has 1 atom stereocenters. The summed E-state index contributed by atoms with van der Waals surface area (Å²) in [5, 5.41) is 9.07. The van der Waals surface area contributed by atoms with Crippen LogP contribution in [0.25, 0.3) is 0 Å². The lowest BCUT2D eigenvalue weighted by Gasteiger charge is -2.13. The molecule has 0 bridgehead atoms. The molecule has 1 aliphatic heterocycles. The molecule has 2 aromatic carbocycles. The maximum atomic E-state index is 13.1. The maximum Gasteiger partial charge on any atom is 0.339 e. The first-order valence-electron chi connectivity index (χ1n) is 6.52. The Morgan fingerprint density at radius 3 is 2.95 bits per heavy atom. The topological polar surface area (TPSA) is 55.8 Å². The van der Waals surface area contributed by atoms with Crippen molar-refractivity contribution in [2.45, 2.75) is 5.92 Å². The van der Waals surface area contributed by atoms with Crippen LogP contribution in [0.5, 0.6) is 11.5 Å². The first-order valence-corrected chi connectivity index (χ1v) is 6.52. The second kappa shape index (κ2) is 5.44. The van der Waals surface area contributed by atoms with Gasteiger partial charge in [-0.05, 0) is 24.3 Å². The third-order valence-electron chi connectivity index (χ3n) is 3.41. The van der Waals surface area contributed by atoms with Crippen molar-refractivity contribution in [3.63, 3.8) is 0 Å². The maximum absolute atomic E-state index is 13.1. The number of halogens is 1. The van der Waals surface area contributed by atoms with Crippen LogP contribution in [0.2, 0.25) is 0 Å². The Balaban J connectivity index is 1.76. The van der Waals surface area contributed by atoms with Gasteiger partial charge in [0.1, 0.15) is 22.9 Å². The van der Waals surface area contributed by atoms with Gasteiger partial charge in [0.15, 0.2) is 0 Å². The zero-order valence-electron chi connectivity index (χ0n) is 11.1. The van der Waals surface area contributed by atoms with Crippen LogP contribution in [0.3, 0.4) is 0 Å². The summed E-state index contributed by atoms with van der Waals surface area (Å²) in [4.78, 5) is 11.1. The van der Waals surface area contributed by atoms with Gasteiger partial charge in [-0.25, -0.2) is 9.18 Å². The molecule has 1 heterocycles. The Hall–Kier alpha value is -2.56. The van der Waals surface area contributed by atoms with Crippen molar-refractivity contribution in [1.29, 1.82) is 0 Å². The summed E-state index contributed by atoms with van der Waals surface area (Å²) in [6.45, 7) is 0.770. The van der Waals surface area contributed by atoms with E-state index in [1.165, 1.54) is 12.1 Å². The van der Waals surface area contributed by atoms with Crippen molar-refractivity contribution in [3.05, 3.63) is 59.4 Å². The van der Waals surface area contributed by atoms with E-state index < -0.39 is 11.8 Å². The fourth-order valence-electron chi connectivity index (χ4n) is 2.35. The summed E-state index contributed by atoms with van der Waals surface area (Å²) in [5.41, 5.74) is 0.860. The number of aromatic carboxylic acids is 1. The van der Waals surface area contributed by atoms with E-state index in [1.807, 2.05) is 24.3 Å². The molecule has 0 aromatic heterocycles. The van der Waals surface area contributed by atoms with Gasteiger partial charge in [-0.3, -0.25) is 0 Å². The van der Waals surface area contributed by atoms with Crippen LogP contribution >= 0.6 is 0 Å². The molecule has 5 heteroatoms. The van der Waals surface area contributed by atoms with Crippen molar-refractivity contribution >= 4 is 5.97 Å². The highest BCUT2D eigenvalue weighted by Gasteiger charge is 2.25. The predicted molar refractivity (Wildman–Crippen MR) is 73.5 cm³/mol. The number of para-hydroxylation sites is 1. The van der Waals surface area contributed by atoms with E-state index in [1.54, 1.807) is 0 Å². The SMILES string of the molecule is O=C(O)c1cc(F)ccc1OCC1COc2ccccc21. The van der Waals surface area contributed by atoms with Crippen LogP contribution in [0.15, 0.2) is 42.5 Å². The van der Waals surface area contributed by atoms with E-state index >= 15 is 0 Å². The molecule has 1 aliphatic rings. The third-order valence-corrected chi connectivity index (χ3v) is 3.41. The third kappa shape index (κ3) is 2.67. The number of carboxylic acids is 1. The summed E-state index contributed by atoms with van der Waals surface area (Å²) in [7, 11) is 0. The van der Waals surface area contributed by atoms with E-state index in [2.05, 4.69) is 0 Å². The molecule has 0 fully saturated rings. The van der Waals surface area contributed by atoms with Gasteiger partial charge in [0, 0.05) is 5.56 Å². The van der Waals surface area contributed by atoms with E-state index in [-0.39, 0.29) is 23.8 Å². The van der Waals surface area contributed by atoms with Crippen LogP contribution in [-0.4, -0.2) is 24.3 Å². The van der Waals surface area contributed by atoms with Gasteiger partial charge in [0.05, 0.1) is 19.1 Å². The largest absolute Gasteiger partial charge is 0.493 e. The van der Waals surface area contributed by atoms with Gasteiger partial charge in [-0.1, -0.05) is 18.2 Å². The molecular formula is C16H13FO4. The molecule has 0 spiro atoms. The summed E-state index contributed by atoms with van der Waals surface area (Å²) in [6, 6.07) is 11.1. The van der Waals surface area contributed by atoms with Crippen LogP contribution in [0, 0.1) is 5.82 Å². The summed E-state index contributed by atoms with van der Waals surface area (Å²) < 4.78 is 24.2. The van der Waals surface area contributed by atoms with E-state index in [9.17, 15) is 9.18 Å². The molecule has 0 radical (unpaired) electrons. The number of fused-ring (bicyclic) bond motifs is 1. The smallest absolute Gasteiger partial charge is 0.339 e. The summed E-state index contributed by atoms with van der Waals surface area (Å²) >= 11 is 0. The number of carbonyl (C=O) groups is 1. The minimum atomic E-state index is -1.22. The lowest BCUT2D eigenvalue weighted by Crippen LogP contribution is -2.13. The Kier molecular flexibility index (Phi) is 3.48. The monoisotopic (exact) mass is 288 g/mol. The highest BCUT2D eigenvalue weighted by molar-refractivity contribution is 5.90. The normalized spacial score (nSPS) is 16.1. The number of rotatable bonds is 4. The average Bonchev–Trinajstić information content (AvgIpc) is 2.89. The van der Waals surface area contributed by atoms with Crippen molar-refractivity contribution < 1.29 is 23.8 Å². The van der Waals surface area contributed by atoms with Gasteiger partial charge in [-0.2, -0.15) is 0 Å². The van der Waals surface area contributed by atoms with Crippen LogP contribution < -0.4 is 9.47 Å². The molecule has 1 unspecified atom stereocenters. The van der Waals surface area contributed by atoms with Crippen LogP contribution in [0.4, 0.5) is 4.39 Å². The second-order valence-corrected chi connectivity index (χ2v) is 4.80. The molecule has 1 N–H and O–H groups in total. The number of carboxylic acid groups (broad SMARTS) is 1. The lowest BCUT2D eigenvalue weighted by molar-refractivity contribution is 0.0691. The predicted octanol–water partition coefficient (Wildman–Crippen LogP) is 3.08. The number of hydrogen-bond donors (Lipinski definition) is 1. The second-order valence-electron chi connectivity index (χ2n) is 4.80.